The Bertz CT molecular complexity index is 837. The summed E-state index contributed by atoms with van der Waals surface area (Å²) in [5.41, 5.74) is 1.46. The predicted molar refractivity (Wildman–Crippen MR) is 94.8 cm³/mol. The van der Waals surface area contributed by atoms with Gasteiger partial charge in [0, 0.05) is 18.2 Å². The maximum Gasteiger partial charge on any atom is 0.251 e. The number of aromatic nitrogens is 3. The first-order valence-corrected chi connectivity index (χ1v) is 8.33. The molecule has 0 saturated heterocycles. The van der Waals surface area contributed by atoms with Crippen LogP contribution in [0.4, 0.5) is 0 Å². The van der Waals surface area contributed by atoms with Gasteiger partial charge in [-0.1, -0.05) is 26.0 Å². The van der Waals surface area contributed by atoms with Crippen LogP contribution in [0.3, 0.4) is 0 Å². The smallest absolute Gasteiger partial charge is 0.251 e. The van der Waals surface area contributed by atoms with Crippen molar-refractivity contribution >= 4 is 5.91 Å². The minimum Gasteiger partial charge on any atom is -0.464 e. The summed E-state index contributed by atoms with van der Waals surface area (Å²) >= 11 is 0. The van der Waals surface area contributed by atoms with Gasteiger partial charge in [-0.2, -0.15) is 5.10 Å². The van der Waals surface area contributed by atoms with Gasteiger partial charge in [-0.25, -0.2) is 4.98 Å². The van der Waals surface area contributed by atoms with Crippen LogP contribution in [0, 0.1) is 5.92 Å². The van der Waals surface area contributed by atoms with Crippen molar-refractivity contribution in [3.63, 3.8) is 0 Å². The molecule has 25 heavy (non-hydrogen) atoms. The van der Waals surface area contributed by atoms with E-state index in [4.69, 9.17) is 4.42 Å². The number of hydrogen-bond acceptors (Lipinski definition) is 4. The SMILES string of the molecule is CC(C)C[C@H](NC(=O)c1cccc(-c2ccco2)c1)c1ncnn1C. The molecule has 1 aromatic carbocycles. The van der Waals surface area contributed by atoms with Crippen molar-refractivity contribution in [3.8, 4) is 11.3 Å². The van der Waals surface area contributed by atoms with Crippen LogP contribution in [0.15, 0.2) is 53.4 Å². The number of carbonyl (C=O) groups excluding carboxylic acids is 1. The van der Waals surface area contributed by atoms with Crippen molar-refractivity contribution in [1.29, 1.82) is 0 Å². The fraction of sp³-hybridized carbons (Fsp3) is 0.316. The largest absolute Gasteiger partial charge is 0.464 e. The average Bonchev–Trinajstić information content (AvgIpc) is 3.25. The molecule has 0 aliphatic carbocycles. The Kier molecular flexibility index (Phi) is 4.97. The van der Waals surface area contributed by atoms with Crippen molar-refractivity contribution in [2.45, 2.75) is 26.3 Å². The minimum atomic E-state index is -0.188. The fourth-order valence-electron chi connectivity index (χ4n) is 2.82. The zero-order chi connectivity index (χ0) is 17.8. The second kappa shape index (κ2) is 7.34. The monoisotopic (exact) mass is 338 g/mol. The Hall–Kier alpha value is -2.89. The van der Waals surface area contributed by atoms with Gasteiger partial charge < -0.3 is 9.73 Å². The predicted octanol–water partition coefficient (Wildman–Crippen LogP) is 3.59. The number of aryl methyl sites for hydroxylation is 1. The normalized spacial score (nSPS) is 12.3. The van der Waals surface area contributed by atoms with E-state index < -0.39 is 0 Å². The van der Waals surface area contributed by atoms with E-state index in [-0.39, 0.29) is 11.9 Å². The van der Waals surface area contributed by atoms with E-state index in [2.05, 4.69) is 29.2 Å². The van der Waals surface area contributed by atoms with E-state index >= 15 is 0 Å². The Balaban J connectivity index is 1.82. The molecule has 0 radical (unpaired) electrons. The van der Waals surface area contributed by atoms with Gasteiger partial charge in [-0.15, -0.1) is 0 Å². The lowest BCUT2D eigenvalue weighted by Gasteiger charge is -2.20. The van der Waals surface area contributed by atoms with E-state index in [9.17, 15) is 4.79 Å². The second-order valence-electron chi connectivity index (χ2n) is 6.46. The molecule has 130 valence electrons. The van der Waals surface area contributed by atoms with Crippen molar-refractivity contribution in [1.82, 2.24) is 20.1 Å². The maximum atomic E-state index is 12.8. The molecule has 0 saturated carbocycles. The Labute approximate surface area is 146 Å². The highest BCUT2D eigenvalue weighted by Gasteiger charge is 2.21. The molecule has 1 amide bonds. The molecule has 0 unspecified atom stereocenters. The molecule has 1 atom stereocenters. The molecular weight excluding hydrogens is 316 g/mol. The standard InChI is InChI=1S/C19H22N4O2/c1-13(2)10-16(18-20-12-21-23(18)3)22-19(24)15-7-4-6-14(11-15)17-8-5-9-25-17/h4-9,11-13,16H,10H2,1-3H3,(H,22,24)/t16-/m0/s1. The summed E-state index contributed by atoms with van der Waals surface area (Å²) in [6, 6.07) is 10.9. The van der Waals surface area contributed by atoms with Crippen LogP contribution in [0.2, 0.25) is 0 Å². The second-order valence-corrected chi connectivity index (χ2v) is 6.46. The first-order chi connectivity index (χ1) is 12.0. The zero-order valence-corrected chi connectivity index (χ0v) is 14.6. The van der Waals surface area contributed by atoms with Gasteiger partial charge >= 0.3 is 0 Å². The molecule has 3 aromatic rings. The molecule has 0 fully saturated rings. The van der Waals surface area contributed by atoms with E-state index in [1.54, 1.807) is 17.0 Å². The van der Waals surface area contributed by atoms with Gasteiger partial charge in [0.1, 0.15) is 17.9 Å². The summed E-state index contributed by atoms with van der Waals surface area (Å²) in [6.45, 7) is 4.24. The molecule has 0 spiro atoms. The summed E-state index contributed by atoms with van der Waals surface area (Å²) < 4.78 is 7.11. The molecule has 1 N–H and O–H groups in total. The van der Waals surface area contributed by atoms with Gasteiger partial charge in [0.05, 0.1) is 12.3 Å². The number of amides is 1. The number of benzene rings is 1. The number of nitrogens with zero attached hydrogens (tertiary/aromatic N) is 3. The van der Waals surface area contributed by atoms with Gasteiger partial charge in [-0.05, 0) is 36.6 Å². The lowest BCUT2D eigenvalue weighted by molar-refractivity contribution is 0.0929. The summed E-state index contributed by atoms with van der Waals surface area (Å²) in [6.07, 6.45) is 3.91. The highest BCUT2D eigenvalue weighted by molar-refractivity contribution is 5.95. The molecule has 6 heteroatoms. The number of furan rings is 1. The summed E-state index contributed by atoms with van der Waals surface area (Å²) in [4.78, 5) is 17.1. The van der Waals surface area contributed by atoms with Crippen LogP contribution in [0.25, 0.3) is 11.3 Å². The molecule has 0 bridgehead atoms. The van der Waals surface area contributed by atoms with Gasteiger partial charge in [0.25, 0.3) is 5.91 Å². The molecular formula is C19H22N4O2. The van der Waals surface area contributed by atoms with Gasteiger partial charge in [0.2, 0.25) is 0 Å². The van der Waals surface area contributed by atoms with E-state index in [0.717, 1.165) is 23.6 Å². The van der Waals surface area contributed by atoms with Crippen LogP contribution in [0.5, 0.6) is 0 Å². The van der Waals surface area contributed by atoms with Crippen LogP contribution < -0.4 is 5.32 Å². The van der Waals surface area contributed by atoms with Gasteiger partial charge in [0.15, 0.2) is 0 Å². The van der Waals surface area contributed by atoms with Gasteiger partial charge in [-0.3, -0.25) is 9.48 Å². The quantitative estimate of drug-likeness (QED) is 0.745. The third-order valence-corrected chi connectivity index (χ3v) is 4.00. The molecule has 6 nitrogen and oxygen atoms in total. The lowest BCUT2D eigenvalue weighted by Crippen LogP contribution is -2.31. The number of carbonyl (C=O) groups is 1. The summed E-state index contributed by atoms with van der Waals surface area (Å²) in [5.74, 6) is 1.77. The number of hydrogen-bond donors (Lipinski definition) is 1. The first kappa shape index (κ1) is 17.0. The fourth-order valence-corrected chi connectivity index (χ4v) is 2.82. The molecule has 0 aliphatic rings. The van der Waals surface area contributed by atoms with Crippen LogP contribution in [0.1, 0.15) is 42.5 Å². The molecule has 2 aromatic heterocycles. The van der Waals surface area contributed by atoms with E-state index in [1.807, 2.05) is 37.4 Å². The van der Waals surface area contributed by atoms with Crippen molar-refractivity contribution < 1.29 is 9.21 Å². The molecule has 0 aliphatic heterocycles. The summed E-state index contributed by atoms with van der Waals surface area (Å²) in [5, 5.41) is 7.20. The Morgan fingerprint density at radius 2 is 2.12 bits per heavy atom. The minimum absolute atomic E-state index is 0.137. The highest BCUT2D eigenvalue weighted by Crippen LogP contribution is 2.23. The van der Waals surface area contributed by atoms with Crippen molar-refractivity contribution in [3.05, 3.63) is 60.4 Å². The van der Waals surface area contributed by atoms with Crippen LogP contribution in [-0.2, 0) is 7.05 Å². The topological polar surface area (TPSA) is 73.0 Å². The third kappa shape index (κ3) is 3.96. The summed E-state index contributed by atoms with van der Waals surface area (Å²) in [7, 11) is 1.83. The Morgan fingerprint density at radius 3 is 2.76 bits per heavy atom. The number of rotatable bonds is 6. The first-order valence-electron chi connectivity index (χ1n) is 8.33. The lowest BCUT2D eigenvalue weighted by atomic mass is 10.0. The molecule has 3 rings (SSSR count). The van der Waals surface area contributed by atoms with Crippen LogP contribution in [-0.4, -0.2) is 20.7 Å². The Morgan fingerprint density at radius 1 is 1.28 bits per heavy atom. The van der Waals surface area contributed by atoms with E-state index in [1.165, 1.54) is 6.33 Å². The highest BCUT2D eigenvalue weighted by atomic mass is 16.3. The molecule has 2 heterocycles. The zero-order valence-electron chi connectivity index (χ0n) is 14.6. The van der Waals surface area contributed by atoms with Crippen molar-refractivity contribution in [2.24, 2.45) is 13.0 Å². The van der Waals surface area contributed by atoms with Crippen LogP contribution >= 0.6 is 0 Å². The average molecular weight is 338 g/mol. The van der Waals surface area contributed by atoms with Crippen molar-refractivity contribution in [2.75, 3.05) is 0 Å². The number of nitrogens with one attached hydrogen (secondary N) is 1. The maximum absolute atomic E-state index is 12.8. The van der Waals surface area contributed by atoms with E-state index in [0.29, 0.717) is 11.5 Å². The third-order valence-electron chi connectivity index (χ3n) is 4.00.